The Morgan fingerprint density at radius 3 is 2.27 bits per heavy atom. The summed E-state index contributed by atoms with van der Waals surface area (Å²) in [5.41, 5.74) is -1.31. The first-order chi connectivity index (χ1) is 4.84. The lowest BCUT2D eigenvalue weighted by Gasteiger charge is -2.14. The van der Waals surface area contributed by atoms with Gasteiger partial charge in [-0.3, -0.25) is 4.79 Å². The van der Waals surface area contributed by atoms with Crippen molar-refractivity contribution in [3.05, 3.63) is 0 Å². The van der Waals surface area contributed by atoms with Gasteiger partial charge in [-0.2, -0.15) is 0 Å². The zero-order valence-corrected chi connectivity index (χ0v) is 8.07. The highest BCUT2D eigenvalue weighted by Gasteiger charge is 2.25. The highest BCUT2D eigenvalue weighted by Crippen LogP contribution is 2.17. The van der Waals surface area contributed by atoms with Crippen LogP contribution in [0.4, 0.5) is 0 Å². The van der Waals surface area contributed by atoms with Crippen LogP contribution < -0.4 is 0 Å². The average Bonchev–Trinajstić information content (AvgIpc) is 1.80. The molecule has 0 saturated heterocycles. The molecule has 0 atom stereocenters. The van der Waals surface area contributed by atoms with E-state index in [-0.39, 0.29) is 11.2 Å². The van der Waals surface area contributed by atoms with Crippen LogP contribution in [-0.4, -0.2) is 21.9 Å². The fourth-order valence-corrected chi connectivity index (χ4v) is 0.726. The molecule has 0 spiro atoms. The van der Waals surface area contributed by atoms with E-state index >= 15 is 0 Å². The molecule has 0 aliphatic rings. The molecule has 4 heteroatoms. The minimum Gasteiger partial charge on any atom is -0.382 e. The highest BCUT2D eigenvalue weighted by molar-refractivity contribution is 8.09. The third-order valence-corrected chi connectivity index (χ3v) is 1.95. The molecule has 0 aromatic rings. The Balaban J connectivity index is 3.71. The predicted octanol–water partition coefficient (Wildman–Crippen LogP) is 1.36. The number of rotatable bonds is 3. The predicted molar refractivity (Wildman–Crippen MR) is 45.1 cm³/mol. The molecule has 0 unspecified atom stereocenters. The zero-order chi connectivity index (χ0) is 9.07. The van der Waals surface area contributed by atoms with E-state index in [4.69, 9.17) is 9.29 Å². The van der Waals surface area contributed by atoms with Gasteiger partial charge in [-0.15, -0.1) is 0 Å². The van der Waals surface area contributed by atoms with Crippen molar-refractivity contribution in [3.8, 4) is 0 Å². The quantitative estimate of drug-likeness (QED) is 0.663. The van der Waals surface area contributed by atoms with E-state index in [1.54, 1.807) is 0 Å². The fourth-order valence-electron chi connectivity index (χ4n) is 0.242. The van der Waals surface area contributed by atoms with E-state index in [1.807, 2.05) is 13.8 Å². The lowest BCUT2D eigenvalue weighted by Crippen LogP contribution is -2.28. The van der Waals surface area contributed by atoms with Crippen LogP contribution >= 0.6 is 12.0 Å². The van der Waals surface area contributed by atoms with Gasteiger partial charge in [0.1, 0.15) is 5.60 Å². The Hall–Kier alpha value is -0.0600. The average molecular weight is 178 g/mol. The standard InChI is InChI=1S/C7H14O3S/c1-5(2)10-11-6(8)7(3,4)9/h5,9H,1-4H3. The molecular weight excluding hydrogens is 164 g/mol. The molecular formula is C7H14O3S. The normalized spacial score (nSPS) is 12.2. The number of carbonyl (C=O) groups excluding carboxylic acids is 1. The third kappa shape index (κ3) is 5.24. The van der Waals surface area contributed by atoms with Crippen LogP contribution in [-0.2, 0) is 8.98 Å². The van der Waals surface area contributed by atoms with E-state index in [9.17, 15) is 4.79 Å². The maximum Gasteiger partial charge on any atom is 0.246 e. The molecule has 3 nitrogen and oxygen atoms in total. The van der Waals surface area contributed by atoms with Crippen LogP contribution in [0.2, 0.25) is 0 Å². The van der Waals surface area contributed by atoms with E-state index in [2.05, 4.69) is 0 Å². The first-order valence-electron chi connectivity index (χ1n) is 3.44. The lowest BCUT2D eigenvalue weighted by atomic mass is 10.2. The molecule has 0 saturated carbocycles. The van der Waals surface area contributed by atoms with Crippen LogP contribution in [0.25, 0.3) is 0 Å². The van der Waals surface area contributed by atoms with Crippen molar-refractivity contribution in [1.29, 1.82) is 0 Å². The second-order valence-corrected chi connectivity index (χ2v) is 3.80. The summed E-state index contributed by atoms with van der Waals surface area (Å²) >= 11 is 0.703. The van der Waals surface area contributed by atoms with Crippen molar-refractivity contribution in [2.24, 2.45) is 0 Å². The summed E-state index contributed by atoms with van der Waals surface area (Å²) in [7, 11) is 0. The van der Waals surface area contributed by atoms with Crippen molar-refractivity contribution in [1.82, 2.24) is 0 Å². The highest BCUT2D eigenvalue weighted by atomic mass is 32.2. The number of hydrogen-bond acceptors (Lipinski definition) is 4. The molecule has 0 bridgehead atoms. The van der Waals surface area contributed by atoms with Crippen LogP contribution in [0.15, 0.2) is 0 Å². The van der Waals surface area contributed by atoms with Crippen LogP contribution in [0.1, 0.15) is 27.7 Å². The Bertz CT molecular complexity index is 137. The summed E-state index contributed by atoms with van der Waals surface area (Å²) in [6, 6.07) is 0. The van der Waals surface area contributed by atoms with Crippen molar-refractivity contribution in [2.45, 2.75) is 39.4 Å². The van der Waals surface area contributed by atoms with E-state index < -0.39 is 5.60 Å². The zero-order valence-electron chi connectivity index (χ0n) is 7.25. The van der Waals surface area contributed by atoms with Crippen molar-refractivity contribution < 1.29 is 14.1 Å². The van der Waals surface area contributed by atoms with Crippen molar-refractivity contribution in [2.75, 3.05) is 0 Å². The molecule has 0 aliphatic heterocycles. The fraction of sp³-hybridized carbons (Fsp3) is 0.857. The van der Waals surface area contributed by atoms with E-state index in [1.165, 1.54) is 13.8 Å². The molecule has 0 radical (unpaired) electrons. The number of hydrogen-bond donors (Lipinski definition) is 1. The first-order valence-corrected chi connectivity index (χ1v) is 4.18. The lowest BCUT2D eigenvalue weighted by molar-refractivity contribution is -0.125. The molecule has 66 valence electrons. The maximum absolute atomic E-state index is 11.0. The van der Waals surface area contributed by atoms with E-state index in [0.717, 1.165) is 0 Å². The van der Waals surface area contributed by atoms with Crippen molar-refractivity contribution >= 4 is 17.2 Å². The Labute approximate surface area is 71.3 Å². The minimum absolute atomic E-state index is 0.00806. The second kappa shape index (κ2) is 4.09. The Morgan fingerprint density at radius 1 is 1.55 bits per heavy atom. The smallest absolute Gasteiger partial charge is 0.246 e. The SMILES string of the molecule is CC(C)OSC(=O)C(C)(C)O. The third-order valence-electron chi connectivity index (χ3n) is 0.816. The number of aliphatic hydroxyl groups is 1. The Morgan fingerprint density at radius 2 is 2.00 bits per heavy atom. The van der Waals surface area contributed by atoms with Crippen molar-refractivity contribution in [3.63, 3.8) is 0 Å². The molecule has 0 rings (SSSR count). The van der Waals surface area contributed by atoms with Gasteiger partial charge in [0.15, 0.2) is 0 Å². The summed E-state index contributed by atoms with van der Waals surface area (Å²) in [5.74, 6) is 0. The summed E-state index contributed by atoms with van der Waals surface area (Å²) in [4.78, 5) is 11.0. The van der Waals surface area contributed by atoms with Gasteiger partial charge >= 0.3 is 0 Å². The summed E-state index contributed by atoms with van der Waals surface area (Å²) in [5, 5.41) is 8.78. The van der Waals surface area contributed by atoms with Gasteiger partial charge < -0.3 is 9.29 Å². The van der Waals surface area contributed by atoms with Gasteiger partial charge in [-0.05, 0) is 27.7 Å². The molecule has 0 amide bonds. The summed E-state index contributed by atoms with van der Waals surface area (Å²) in [6.07, 6.45) is -0.00806. The second-order valence-electron chi connectivity index (χ2n) is 3.07. The largest absolute Gasteiger partial charge is 0.382 e. The van der Waals surface area contributed by atoms with Gasteiger partial charge in [-0.25, -0.2) is 0 Å². The summed E-state index contributed by atoms with van der Waals surface area (Å²) < 4.78 is 4.94. The first kappa shape index (κ1) is 10.9. The van der Waals surface area contributed by atoms with Gasteiger partial charge in [0.2, 0.25) is 5.12 Å². The van der Waals surface area contributed by atoms with Gasteiger partial charge in [-0.1, -0.05) is 0 Å². The van der Waals surface area contributed by atoms with E-state index in [0.29, 0.717) is 12.0 Å². The monoisotopic (exact) mass is 178 g/mol. The van der Waals surface area contributed by atoms with Crippen LogP contribution in [0, 0.1) is 0 Å². The minimum atomic E-state index is -1.31. The number of carbonyl (C=O) groups is 1. The molecule has 0 heterocycles. The van der Waals surface area contributed by atoms with Crippen LogP contribution in [0.3, 0.4) is 0 Å². The Kier molecular flexibility index (Phi) is 4.07. The molecule has 0 aromatic heterocycles. The molecule has 1 N–H and O–H groups in total. The molecule has 0 aromatic carbocycles. The molecule has 0 aliphatic carbocycles. The molecule has 0 fully saturated rings. The maximum atomic E-state index is 11.0. The topological polar surface area (TPSA) is 46.5 Å². The van der Waals surface area contributed by atoms with Crippen LogP contribution in [0.5, 0.6) is 0 Å². The van der Waals surface area contributed by atoms with Gasteiger partial charge in [0, 0.05) is 0 Å². The van der Waals surface area contributed by atoms with Gasteiger partial charge in [0.05, 0.1) is 18.1 Å². The summed E-state index contributed by atoms with van der Waals surface area (Å²) in [6.45, 7) is 6.52. The van der Waals surface area contributed by atoms with Gasteiger partial charge in [0.25, 0.3) is 0 Å². The molecule has 11 heavy (non-hydrogen) atoms.